The molecule has 1 saturated carbocycles. The van der Waals surface area contributed by atoms with E-state index < -0.39 is 11.2 Å². The first-order chi connectivity index (χ1) is 11.2. The Morgan fingerprint density at radius 3 is 2.33 bits per heavy atom. The van der Waals surface area contributed by atoms with Crippen molar-refractivity contribution in [2.24, 2.45) is 0 Å². The molecule has 1 aliphatic carbocycles. The number of nitrogens with zero attached hydrogens (tertiary/aromatic N) is 2. The number of carbonyl (C=O) groups excluding carboxylic acids is 2. The number of ether oxygens (including phenoxy) is 2. The zero-order valence-electron chi connectivity index (χ0n) is 15.4. The SMILES string of the molecule is CCCN1CC2(CCN(C(=O)OC(C)(C)C)CC2)OC2(CC2)C1=O. The van der Waals surface area contributed by atoms with E-state index in [1.54, 1.807) is 4.90 Å². The van der Waals surface area contributed by atoms with E-state index >= 15 is 0 Å². The van der Waals surface area contributed by atoms with E-state index in [1.807, 2.05) is 25.7 Å². The van der Waals surface area contributed by atoms with Crippen LogP contribution in [0.2, 0.25) is 0 Å². The topological polar surface area (TPSA) is 59.1 Å². The molecule has 2 saturated heterocycles. The van der Waals surface area contributed by atoms with Gasteiger partial charge in [0.1, 0.15) is 11.2 Å². The van der Waals surface area contributed by atoms with Gasteiger partial charge in [0, 0.05) is 26.2 Å². The second kappa shape index (κ2) is 5.90. The molecule has 0 unspecified atom stereocenters. The Morgan fingerprint density at radius 2 is 1.83 bits per heavy atom. The van der Waals surface area contributed by atoms with Crippen molar-refractivity contribution in [1.82, 2.24) is 9.80 Å². The van der Waals surface area contributed by atoms with Crippen molar-refractivity contribution in [3.8, 4) is 0 Å². The molecule has 0 radical (unpaired) electrons. The van der Waals surface area contributed by atoms with Crippen LogP contribution in [0.25, 0.3) is 0 Å². The van der Waals surface area contributed by atoms with Gasteiger partial charge >= 0.3 is 6.09 Å². The van der Waals surface area contributed by atoms with Gasteiger partial charge in [0.2, 0.25) is 0 Å². The van der Waals surface area contributed by atoms with Crippen LogP contribution >= 0.6 is 0 Å². The van der Waals surface area contributed by atoms with Gasteiger partial charge in [0.05, 0.1) is 5.60 Å². The molecule has 6 nitrogen and oxygen atoms in total. The summed E-state index contributed by atoms with van der Waals surface area (Å²) < 4.78 is 11.8. The van der Waals surface area contributed by atoms with Gasteiger partial charge in [-0.1, -0.05) is 6.92 Å². The van der Waals surface area contributed by atoms with Crippen molar-refractivity contribution in [1.29, 1.82) is 0 Å². The third-order valence-corrected chi connectivity index (χ3v) is 5.09. The Balaban J connectivity index is 1.64. The zero-order valence-corrected chi connectivity index (χ0v) is 15.4. The first-order valence-electron chi connectivity index (χ1n) is 9.16. The van der Waals surface area contributed by atoms with Crippen LogP contribution in [-0.4, -0.2) is 64.8 Å². The first kappa shape index (κ1) is 17.5. The molecule has 0 bridgehead atoms. The highest BCUT2D eigenvalue weighted by Crippen LogP contribution is 2.49. The minimum Gasteiger partial charge on any atom is -0.444 e. The molecule has 2 aliphatic heterocycles. The van der Waals surface area contributed by atoms with Crippen molar-refractivity contribution in [2.75, 3.05) is 26.2 Å². The average Bonchev–Trinajstić information content (AvgIpc) is 3.24. The van der Waals surface area contributed by atoms with Crippen LogP contribution in [0, 0.1) is 0 Å². The highest BCUT2D eigenvalue weighted by molar-refractivity contribution is 5.89. The van der Waals surface area contributed by atoms with E-state index in [0.717, 1.165) is 38.6 Å². The summed E-state index contributed by atoms with van der Waals surface area (Å²) in [6.45, 7) is 10.4. The molecule has 2 amide bonds. The predicted octanol–water partition coefficient (Wildman–Crippen LogP) is 2.56. The number of amides is 2. The van der Waals surface area contributed by atoms with Crippen LogP contribution in [-0.2, 0) is 14.3 Å². The number of hydrogen-bond acceptors (Lipinski definition) is 4. The second-order valence-corrected chi connectivity index (χ2v) is 8.47. The fourth-order valence-electron chi connectivity index (χ4n) is 3.76. The summed E-state index contributed by atoms with van der Waals surface area (Å²) in [4.78, 5) is 28.6. The van der Waals surface area contributed by atoms with Gasteiger partial charge in [-0.3, -0.25) is 4.79 Å². The van der Waals surface area contributed by atoms with Gasteiger partial charge in [-0.2, -0.15) is 0 Å². The summed E-state index contributed by atoms with van der Waals surface area (Å²) in [5.41, 5.74) is -1.32. The Kier molecular flexibility index (Phi) is 4.31. The molecule has 3 aliphatic rings. The van der Waals surface area contributed by atoms with Gasteiger partial charge in [0.25, 0.3) is 5.91 Å². The summed E-state index contributed by atoms with van der Waals surface area (Å²) in [7, 11) is 0. The Hall–Kier alpha value is -1.30. The molecule has 6 heteroatoms. The highest BCUT2D eigenvalue weighted by atomic mass is 16.6. The molecule has 136 valence electrons. The van der Waals surface area contributed by atoms with Crippen molar-refractivity contribution in [2.45, 2.75) is 76.6 Å². The summed E-state index contributed by atoms with van der Waals surface area (Å²) >= 11 is 0. The molecule has 0 aromatic carbocycles. The van der Waals surface area contributed by atoms with Crippen LogP contribution in [0.3, 0.4) is 0 Å². The Bertz CT molecular complexity index is 514. The number of piperidine rings is 1. The van der Waals surface area contributed by atoms with Crippen LogP contribution in [0.1, 0.15) is 59.8 Å². The summed E-state index contributed by atoms with van der Waals surface area (Å²) in [6, 6.07) is 0. The molecule has 0 aromatic heterocycles. The van der Waals surface area contributed by atoms with Gasteiger partial charge in [0.15, 0.2) is 0 Å². The van der Waals surface area contributed by atoms with Crippen LogP contribution in [0.4, 0.5) is 4.79 Å². The molecular formula is C18H30N2O4. The summed E-state index contributed by atoms with van der Waals surface area (Å²) in [6.07, 6.45) is 3.91. The lowest BCUT2D eigenvalue weighted by Crippen LogP contribution is -2.63. The fourth-order valence-corrected chi connectivity index (χ4v) is 3.76. The van der Waals surface area contributed by atoms with Crippen LogP contribution in [0.5, 0.6) is 0 Å². The minimum atomic E-state index is -0.554. The predicted molar refractivity (Wildman–Crippen MR) is 89.7 cm³/mol. The minimum absolute atomic E-state index is 0.171. The van der Waals surface area contributed by atoms with Crippen molar-refractivity contribution >= 4 is 12.0 Å². The van der Waals surface area contributed by atoms with Gasteiger partial charge in [-0.15, -0.1) is 0 Å². The van der Waals surface area contributed by atoms with E-state index in [4.69, 9.17) is 9.47 Å². The smallest absolute Gasteiger partial charge is 0.410 e. The molecule has 3 fully saturated rings. The molecule has 2 spiro atoms. The lowest BCUT2D eigenvalue weighted by Gasteiger charge is -2.50. The quantitative estimate of drug-likeness (QED) is 0.776. The third-order valence-electron chi connectivity index (χ3n) is 5.09. The Labute approximate surface area is 144 Å². The van der Waals surface area contributed by atoms with E-state index in [1.165, 1.54) is 0 Å². The number of morpholine rings is 1. The molecule has 3 rings (SSSR count). The van der Waals surface area contributed by atoms with Crippen molar-refractivity contribution in [3.63, 3.8) is 0 Å². The third kappa shape index (κ3) is 3.39. The average molecular weight is 338 g/mol. The number of carbonyl (C=O) groups is 2. The fraction of sp³-hybridized carbons (Fsp3) is 0.889. The molecule has 0 N–H and O–H groups in total. The van der Waals surface area contributed by atoms with Gasteiger partial charge in [-0.05, 0) is 52.9 Å². The maximum Gasteiger partial charge on any atom is 0.410 e. The second-order valence-electron chi connectivity index (χ2n) is 8.47. The first-order valence-corrected chi connectivity index (χ1v) is 9.16. The maximum atomic E-state index is 12.6. The molecule has 24 heavy (non-hydrogen) atoms. The van der Waals surface area contributed by atoms with E-state index in [2.05, 4.69) is 6.92 Å². The highest BCUT2D eigenvalue weighted by Gasteiger charge is 2.61. The molecule has 0 atom stereocenters. The lowest BCUT2D eigenvalue weighted by molar-refractivity contribution is -0.199. The number of hydrogen-bond donors (Lipinski definition) is 0. The zero-order chi connectivity index (χ0) is 17.6. The van der Waals surface area contributed by atoms with Crippen LogP contribution in [0.15, 0.2) is 0 Å². The normalized spacial score (nSPS) is 25.2. The van der Waals surface area contributed by atoms with Crippen molar-refractivity contribution < 1.29 is 19.1 Å². The largest absolute Gasteiger partial charge is 0.444 e. The molecule has 2 heterocycles. The monoisotopic (exact) mass is 338 g/mol. The van der Waals surface area contributed by atoms with Crippen molar-refractivity contribution in [3.05, 3.63) is 0 Å². The number of rotatable bonds is 2. The molecule has 0 aromatic rings. The van der Waals surface area contributed by atoms with Gasteiger partial charge < -0.3 is 19.3 Å². The van der Waals surface area contributed by atoms with E-state index in [9.17, 15) is 9.59 Å². The summed E-state index contributed by atoms with van der Waals surface area (Å²) in [5, 5.41) is 0. The summed E-state index contributed by atoms with van der Waals surface area (Å²) in [5.74, 6) is 0.171. The van der Waals surface area contributed by atoms with E-state index in [-0.39, 0.29) is 17.6 Å². The van der Waals surface area contributed by atoms with Crippen LogP contribution < -0.4 is 0 Å². The molecular weight excluding hydrogens is 308 g/mol. The maximum absolute atomic E-state index is 12.6. The lowest BCUT2D eigenvalue weighted by atomic mass is 9.88. The Morgan fingerprint density at radius 1 is 1.21 bits per heavy atom. The number of likely N-dealkylation sites (tertiary alicyclic amines) is 1. The van der Waals surface area contributed by atoms with Gasteiger partial charge in [-0.25, -0.2) is 4.79 Å². The van der Waals surface area contributed by atoms with E-state index in [0.29, 0.717) is 19.6 Å². The standard InChI is InChI=1S/C18H30N2O4/c1-5-10-20-13-17(24-18(6-7-18)14(20)21)8-11-19(12-9-17)15(22)23-16(2,3)4/h5-13H2,1-4H3.